The second-order valence-corrected chi connectivity index (χ2v) is 5.88. The van der Waals surface area contributed by atoms with Crippen LogP contribution in [0.15, 0.2) is 35.7 Å². The highest BCUT2D eigenvalue weighted by Gasteiger charge is 2.06. The highest BCUT2D eigenvalue weighted by molar-refractivity contribution is 7.09. The van der Waals surface area contributed by atoms with E-state index in [1.54, 1.807) is 23.5 Å². The molecule has 0 aliphatic rings. The van der Waals surface area contributed by atoms with E-state index in [-0.39, 0.29) is 5.82 Å². The molecular formula is C16H21FN2S. The van der Waals surface area contributed by atoms with Gasteiger partial charge in [-0.2, -0.15) is 0 Å². The van der Waals surface area contributed by atoms with E-state index in [4.69, 9.17) is 0 Å². The Morgan fingerprint density at radius 3 is 2.85 bits per heavy atom. The average molecular weight is 292 g/mol. The van der Waals surface area contributed by atoms with Gasteiger partial charge in [0, 0.05) is 30.7 Å². The zero-order valence-electron chi connectivity index (χ0n) is 12.0. The predicted octanol–water partition coefficient (Wildman–Crippen LogP) is 3.68. The van der Waals surface area contributed by atoms with E-state index in [1.807, 2.05) is 14.0 Å². The molecule has 0 aliphatic carbocycles. The molecule has 1 heterocycles. The van der Waals surface area contributed by atoms with Gasteiger partial charge in [-0.25, -0.2) is 4.39 Å². The normalized spacial score (nSPS) is 10.8. The van der Waals surface area contributed by atoms with Gasteiger partial charge in [0.15, 0.2) is 0 Å². The van der Waals surface area contributed by atoms with E-state index in [1.165, 1.54) is 4.88 Å². The van der Waals surface area contributed by atoms with Crippen LogP contribution in [0.4, 0.5) is 10.1 Å². The number of rotatable bonds is 7. The zero-order valence-corrected chi connectivity index (χ0v) is 12.8. The van der Waals surface area contributed by atoms with Gasteiger partial charge in [-0.3, -0.25) is 0 Å². The lowest BCUT2D eigenvalue weighted by Gasteiger charge is -2.20. The van der Waals surface area contributed by atoms with E-state index in [0.29, 0.717) is 6.54 Å². The maximum atomic E-state index is 13.7. The van der Waals surface area contributed by atoms with Gasteiger partial charge in [0.2, 0.25) is 0 Å². The highest BCUT2D eigenvalue weighted by atomic mass is 32.1. The number of benzene rings is 1. The van der Waals surface area contributed by atoms with E-state index >= 15 is 0 Å². The Morgan fingerprint density at radius 1 is 1.30 bits per heavy atom. The quantitative estimate of drug-likeness (QED) is 0.837. The van der Waals surface area contributed by atoms with Gasteiger partial charge in [0.1, 0.15) is 5.82 Å². The van der Waals surface area contributed by atoms with Crippen LogP contribution in [0.5, 0.6) is 0 Å². The van der Waals surface area contributed by atoms with Crippen molar-refractivity contribution in [2.75, 3.05) is 25.0 Å². The summed E-state index contributed by atoms with van der Waals surface area (Å²) in [6.45, 7) is 4.54. The maximum absolute atomic E-state index is 13.7. The van der Waals surface area contributed by atoms with Gasteiger partial charge >= 0.3 is 0 Å². The van der Waals surface area contributed by atoms with Gasteiger partial charge < -0.3 is 10.2 Å². The molecule has 0 amide bonds. The Hall–Kier alpha value is -1.39. The van der Waals surface area contributed by atoms with E-state index in [0.717, 1.165) is 30.8 Å². The number of thiophene rings is 1. The second kappa shape index (κ2) is 7.41. The van der Waals surface area contributed by atoms with Crippen molar-refractivity contribution >= 4 is 17.0 Å². The molecule has 1 aromatic carbocycles. The summed E-state index contributed by atoms with van der Waals surface area (Å²) in [6, 6.07) is 9.46. The summed E-state index contributed by atoms with van der Waals surface area (Å²) < 4.78 is 13.7. The van der Waals surface area contributed by atoms with E-state index in [2.05, 4.69) is 33.8 Å². The third-order valence-corrected chi connectivity index (χ3v) is 4.17. The number of nitrogens with one attached hydrogen (secondary N) is 1. The van der Waals surface area contributed by atoms with Crippen LogP contribution in [0.2, 0.25) is 0 Å². The van der Waals surface area contributed by atoms with Crippen LogP contribution in [-0.4, -0.2) is 20.1 Å². The Labute approximate surface area is 124 Å². The Morgan fingerprint density at radius 2 is 2.15 bits per heavy atom. The van der Waals surface area contributed by atoms with Crippen molar-refractivity contribution in [3.05, 3.63) is 52.0 Å². The molecule has 4 heteroatoms. The van der Waals surface area contributed by atoms with Gasteiger partial charge in [-0.1, -0.05) is 13.0 Å². The van der Waals surface area contributed by atoms with Gasteiger partial charge in [0.25, 0.3) is 0 Å². The molecule has 0 radical (unpaired) electrons. The van der Waals surface area contributed by atoms with Crippen molar-refractivity contribution in [1.82, 2.24) is 5.32 Å². The third-order valence-electron chi connectivity index (χ3n) is 3.24. The highest BCUT2D eigenvalue weighted by Crippen LogP contribution is 2.19. The summed E-state index contributed by atoms with van der Waals surface area (Å²) >= 11 is 1.77. The number of likely N-dealkylation sites (N-methyl/N-ethyl adjacent to an activating group) is 1. The fraction of sp³-hybridized carbons (Fsp3) is 0.375. The Kier molecular flexibility index (Phi) is 5.56. The molecule has 2 rings (SSSR count). The first-order valence-corrected chi connectivity index (χ1v) is 7.80. The van der Waals surface area contributed by atoms with Crippen molar-refractivity contribution in [3.8, 4) is 0 Å². The van der Waals surface area contributed by atoms with Crippen LogP contribution in [0.3, 0.4) is 0 Å². The fourth-order valence-corrected chi connectivity index (χ4v) is 2.79. The molecule has 108 valence electrons. The molecule has 20 heavy (non-hydrogen) atoms. The van der Waals surface area contributed by atoms with Crippen molar-refractivity contribution in [1.29, 1.82) is 0 Å². The van der Waals surface area contributed by atoms with Crippen LogP contribution >= 0.6 is 11.3 Å². The van der Waals surface area contributed by atoms with Crippen LogP contribution in [0.25, 0.3) is 0 Å². The summed E-state index contributed by atoms with van der Waals surface area (Å²) in [5.41, 5.74) is 1.93. The number of anilines is 1. The molecule has 0 spiro atoms. The molecule has 0 unspecified atom stereocenters. The number of halogens is 1. The minimum Gasteiger partial charge on any atom is -0.374 e. The first-order chi connectivity index (χ1) is 9.69. The lowest BCUT2D eigenvalue weighted by atomic mass is 10.1. The third kappa shape index (κ3) is 4.32. The van der Waals surface area contributed by atoms with Crippen LogP contribution in [0, 0.1) is 5.82 Å². The minimum absolute atomic E-state index is 0.168. The molecule has 0 saturated heterocycles. The molecule has 1 N–H and O–H groups in total. The molecule has 0 atom stereocenters. The fourth-order valence-electron chi connectivity index (χ4n) is 2.09. The molecular weight excluding hydrogens is 271 g/mol. The first-order valence-electron chi connectivity index (χ1n) is 6.92. The summed E-state index contributed by atoms with van der Waals surface area (Å²) in [7, 11) is 2.01. The monoisotopic (exact) mass is 292 g/mol. The van der Waals surface area contributed by atoms with E-state index in [9.17, 15) is 4.39 Å². The van der Waals surface area contributed by atoms with Gasteiger partial charge in [-0.15, -0.1) is 11.3 Å². The van der Waals surface area contributed by atoms with Crippen molar-refractivity contribution in [2.24, 2.45) is 0 Å². The van der Waals surface area contributed by atoms with Crippen LogP contribution in [-0.2, 0) is 13.0 Å². The SMILES string of the molecule is CCNCc1cc(F)cc(N(C)CCc2cccs2)c1. The summed E-state index contributed by atoms with van der Waals surface area (Å²) in [4.78, 5) is 3.47. The molecule has 2 aromatic rings. The smallest absolute Gasteiger partial charge is 0.125 e. The first kappa shape index (κ1) is 15.0. The lowest BCUT2D eigenvalue weighted by molar-refractivity contribution is 0.621. The summed E-state index contributed by atoms with van der Waals surface area (Å²) in [6.07, 6.45) is 0.993. The van der Waals surface area contributed by atoms with Crippen molar-refractivity contribution in [2.45, 2.75) is 19.9 Å². The minimum atomic E-state index is -0.168. The molecule has 2 nitrogen and oxygen atoms in total. The van der Waals surface area contributed by atoms with E-state index < -0.39 is 0 Å². The molecule has 0 aliphatic heterocycles. The van der Waals surface area contributed by atoms with Crippen molar-refractivity contribution < 1.29 is 4.39 Å². The Balaban J connectivity index is 2.00. The average Bonchev–Trinajstić information content (AvgIpc) is 2.95. The molecule has 0 fully saturated rings. The second-order valence-electron chi connectivity index (χ2n) is 4.85. The molecule has 0 saturated carbocycles. The van der Waals surface area contributed by atoms with Gasteiger partial charge in [-0.05, 0) is 48.2 Å². The number of nitrogens with zero attached hydrogens (tertiary/aromatic N) is 1. The van der Waals surface area contributed by atoms with Crippen molar-refractivity contribution in [3.63, 3.8) is 0 Å². The molecule has 1 aromatic heterocycles. The number of hydrogen-bond acceptors (Lipinski definition) is 3. The topological polar surface area (TPSA) is 15.3 Å². The largest absolute Gasteiger partial charge is 0.374 e. The van der Waals surface area contributed by atoms with Crippen LogP contribution < -0.4 is 10.2 Å². The predicted molar refractivity (Wildman–Crippen MR) is 85.1 cm³/mol. The number of hydrogen-bond donors (Lipinski definition) is 1. The lowest BCUT2D eigenvalue weighted by Crippen LogP contribution is -2.21. The summed E-state index contributed by atoms with van der Waals surface area (Å²) in [5, 5.41) is 5.32. The summed E-state index contributed by atoms with van der Waals surface area (Å²) in [5.74, 6) is -0.168. The van der Waals surface area contributed by atoms with Gasteiger partial charge in [0.05, 0.1) is 0 Å². The molecule has 0 bridgehead atoms. The van der Waals surface area contributed by atoms with Crippen LogP contribution in [0.1, 0.15) is 17.4 Å². The maximum Gasteiger partial charge on any atom is 0.125 e. The standard InChI is InChI=1S/C16H21FN2S/c1-3-18-12-13-9-14(17)11-15(10-13)19(2)7-6-16-5-4-8-20-16/h4-5,8-11,18H,3,6-7,12H2,1-2H3. The zero-order chi connectivity index (χ0) is 14.4. The Bertz CT molecular complexity index is 525.